The minimum atomic E-state index is -3.80. The molecule has 0 spiro atoms. The van der Waals surface area contributed by atoms with E-state index in [-0.39, 0.29) is 10.8 Å². The second-order valence-electron chi connectivity index (χ2n) is 8.50. The van der Waals surface area contributed by atoms with Crippen LogP contribution < -0.4 is 20.5 Å². The first-order valence-corrected chi connectivity index (χ1v) is 12.7. The Morgan fingerprint density at radius 2 is 2.19 bits per heavy atom. The van der Waals surface area contributed by atoms with Crippen LogP contribution >= 0.6 is 0 Å². The zero-order valence-corrected chi connectivity index (χ0v) is 18.9. The van der Waals surface area contributed by atoms with Crippen molar-refractivity contribution in [3.63, 3.8) is 0 Å². The number of likely N-dealkylation sites (tertiary alicyclic amines) is 1. The lowest BCUT2D eigenvalue weighted by atomic mass is 10.0. The fraction of sp³-hybridized carbons (Fsp3) is 0.545. The molecule has 10 heteroatoms. The van der Waals surface area contributed by atoms with Gasteiger partial charge in [0.05, 0.1) is 11.5 Å². The molecule has 2 atom stereocenters. The average Bonchev–Trinajstić information content (AvgIpc) is 3.19. The van der Waals surface area contributed by atoms with Crippen LogP contribution in [0.5, 0.6) is 5.75 Å². The predicted octanol–water partition coefficient (Wildman–Crippen LogP) is 0.761. The lowest BCUT2D eigenvalue weighted by Gasteiger charge is -2.24. The number of ether oxygens (including phenoxy) is 1. The summed E-state index contributed by atoms with van der Waals surface area (Å²) in [5.74, 6) is 1.43. The van der Waals surface area contributed by atoms with Crippen LogP contribution in [0.1, 0.15) is 31.2 Å². The van der Waals surface area contributed by atoms with Gasteiger partial charge in [0.1, 0.15) is 11.8 Å². The number of nitrogens with zero attached hydrogens (tertiary/aromatic N) is 2. The highest BCUT2D eigenvalue weighted by Crippen LogP contribution is 2.28. The second kappa shape index (κ2) is 9.91. The van der Waals surface area contributed by atoms with Crippen molar-refractivity contribution in [3.8, 4) is 5.75 Å². The van der Waals surface area contributed by atoms with Crippen molar-refractivity contribution >= 4 is 21.9 Å². The Morgan fingerprint density at radius 3 is 3.00 bits per heavy atom. The van der Waals surface area contributed by atoms with E-state index >= 15 is 0 Å². The first-order chi connectivity index (χ1) is 15.4. The van der Waals surface area contributed by atoms with Gasteiger partial charge in [-0.05, 0) is 55.4 Å². The van der Waals surface area contributed by atoms with E-state index in [2.05, 4.69) is 21.1 Å². The Bertz CT molecular complexity index is 1010. The third kappa shape index (κ3) is 5.42. The van der Waals surface area contributed by atoms with Crippen molar-refractivity contribution in [2.24, 2.45) is 16.6 Å². The van der Waals surface area contributed by atoms with Gasteiger partial charge in [-0.1, -0.05) is 12.2 Å². The molecule has 0 bridgehead atoms. The molecule has 1 saturated heterocycles. The third-order valence-electron chi connectivity index (χ3n) is 6.10. The molecule has 4 rings (SSSR count). The molecule has 32 heavy (non-hydrogen) atoms. The van der Waals surface area contributed by atoms with Crippen LogP contribution in [0.25, 0.3) is 0 Å². The first kappa shape index (κ1) is 22.6. The predicted molar refractivity (Wildman–Crippen MR) is 122 cm³/mol. The van der Waals surface area contributed by atoms with Gasteiger partial charge in [-0.3, -0.25) is 9.79 Å². The summed E-state index contributed by atoms with van der Waals surface area (Å²) in [5, 5.41) is 3.05. The topological polar surface area (TPSA) is 126 Å². The Kier molecular flexibility index (Phi) is 7.00. The molecule has 4 N–H and O–H groups in total. The number of nitrogens with one attached hydrogen (secondary N) is 2. The Balaban J connectivity index is 1.35. The zero-order valence-electron chi connectivity index (χ0n) is 18.1. The van der Waals surface area contributed by atoms with E-state index in [0.717, 1.165) is 37.1 Å². The number of allylic oxidation sites excluding steroid dienone is 1. The average molecular weight is 462 g/mol. The molecule has 1 amide bonds. The number of benzene rings is 1. The van der Waals surface area contributed by atoms with Gasteiger partial charge >= 0.3 is 0 Å². The van der Waals surface area contributed by atoms with E-state index in [1.165, 1.54) is 6.07 Å². The lowest BCUT2D eigenvalue weighted by molar-refractivity contribution is -0.131. The SMILES string of the molecule is NC1=NCC(C/C=C/CN2CCCC[C@H](NS(=O)(=O)c3ccc4c(c3)CCO4)C2=O)CN1. The molecule has 1 fully saturated rings. The number of rotatable bonds is 7. The molecule has 174 valence electrons. The van der Waals surface area contributed by atoms with Crippen molar-refractivity contribution in [2.75, 3.05) is 32.8 Å². The van der Waals surface area contributed by atoms with Gasteiger partial charge in [0.15, 0.2) is 5.96 Å². The molecule has 1 aromatic rings. The number of aliphatic imine (C=N–C) groups is 1. The van der Waals surface area contributed by atoms with E-state index < -0.39 is 16.1 Å². The van der Waals surface area contributed by atoms with Gasteiger partial charge in [-0.15, -0.1) is 0 Å². The number of carbonyl (C=O) groups excluding carboxylic acids is 1. The maximum absolute atomic E-state index is 13.1. The van der Waals surface area contributed by atoms with Crippen molar-refractivity contribution in [1.82, 2.24) is 14.9 Å². The smallest absolute Gasteiger partial charge is 0.241 e. The van der Waals surface area contributed by atoms with Crippen LogP contribution in [0, 0.1) is 5.92 Å². The number of nitrogens with two attached hydrogens (primary N) is 1. The molecule has 0 radical (unpaired) electrons. The van der Waals surface area contributed by atoms with E-state index in [4.69, 9.17) is 10.5 Å². The largest absolute Gasteiger partial charge is 0.493 e. The van der Waals surface area contributed by atoms with Gasteiger partial charge in [0.25, 0.3) is 0 Å². The number of fused-ring (bicyclic) bond motifs is 1. The first-order valence-electron chi connectivity index (χ1n) is 11.2. The fourth-order valence-corrected chi connectivity index (χ4v) is 5.50. The summed E-state index contributed by atoms with van der Waals surface area (Å²) in [7, 11) is -3.80. The Hall–Kier alpha value is -2.59. The van der Waals surface area contributed by atoms with Gasteiger partial charge in [0.2, 0.25) is 15.9 Å². The minimum Gasteiger partial charge on any atom is -0.493 e. The van der Waals surface area contributed by atoms with Crippen LogP contribution in [-0.2, 0) is 21.2 Å². The van der Waals surface area contributed by atoms with Crippen LogP contribution in [0.2, 0.25) is 0 Å². The highest BCUT2D eigenvalue weighted by atomic mass is 32.2. The molecule has 3 aliphatic rings. The van der Waals surface area contributed by atoms with E-state index in [1.807, 2.05) is 6.08 Å². The van der Waals surface area contributed by atoms with Crippen molar-refractivity contribution < 1.29 is 17.9 Å². The molecule has 9 nitrogen and oxygen atoms in total. The van der Waals surface area contributed by atoms with Crippen LogP contribution in [0.15, 0.2) is 40.2 Å². The summed E-state index contributed by atoms with van der Waals surface area (Å²) in [4.78, 5) is 19.2. The zero-order chi connectivity index (χ0) is 22.6. The molecule has 0 aromatic heterocycles. The maximum Gasteiger partial charge on any atom is 0.241 e. The van der Waals surface area contributed by atoms with E-state index in [0.29, 0.717) is 51.0 Å². The summed E-state index contributed by atoms with van der Waals surface area (Å²) in [5.41, 5.74) is 6.50. The summed E-state index contributed by atoms with van der Waals surface area (Å²) in [6.45, 7) is 3.15. The van der Waals surface area contributed by atoms with Gasteiger partial charge < -0.3 is 20.7 Å². The monoisotopic (exact) mass is 461 g/mol. The van der Waals surface area contributed by atoms with Crippen molar-refractivity contribution in [1.29, 1.82) is 0 Å². The maximum atomic E-state index is 13.1. The fourth-order valence-electron chi connectivity index (χ4n) is 4.23. The van der Waals surface area contributed by atoms with Crippen LogP contribution in [0.4, 0.5) is 0 Å². The van der Waals surface area contributed by atoms with Crippen LogP contribution in [-0.4, -0.2) is 64.0 Å². The standard InChI is InChI=1S/C22H31N5O4S/c23-22-24-14-16(15-25-22)5-1-3-10-27-11-4-2-6-19(21(27)28)26-32(29,30)18-7-8-20-17(13-18)9-12-31-20/h1,3,7-8,13,16,19,26H,2,4-6,9-12,14-15H2,(H3,23,24,25)/b3-1+/t19-/m0/s1. The van der Waals surface area contributed by atoms with Gasteiger partial charge in [0, 0.05) is 32.6 Å². The minimum absolute atomic E-state index is 0.170. The third-order valence-corrected chi connectivity index (χ3v) is 7.57. The highest BCUT2D eigenvalue weighted by Gasteiger charge is 2.31. The second-order valence-corrected chi connectivity index (χ2v) is 10.2. The Morgan fingerprint density at radius 1 is 1.31 bits per heavy atom. The molecular formula is C22H31N5O4S. The molecular weight excluding hydrogens is 430 g/mol. The number of amides is 1. The van der Waals surface area contributed by atoms with Crippen molar-refractivity contribution in [3.05, 3.63) is 35.9 Å². The van der Waals surface area contributed by atoms with Gasteiger partial charge in [-0.2, -0.15) is 4.72 Å². The van der Waals surface area contributed by atoms with E-state index in [1.54, 1.807) is 17.0 Å². The molecule has 3 heterocycles. The number of sulfonamides is 1. The van der Waals surface area contributed by atoms with E-state index in [9.17, 15) is 13.2 Å². The summed E-state index contributed by atoms with van der Waals surface area (Å²) in [6, 6.07) is 4.11. The summed E-state index contributed by atoms with van der Waals surface area (Å²) < 4.78 is 34.0. The molecule has 1 unspecified atom stereocenters. The van der Waals surface area contributed by atoms with Crippen molar-refractivity contribution in [2.45, 2.75) is 43.0 Å². The molecule has 0 saturated carbocycles. The quantitative estimate of drug-likeness (QED) is 0.515. The normalized spacial score (nSPS) is 23.9. The molecule has 3 aliphatic heterocycles. The number of hydrogen-bond acceptors (Lipinski definition) is 7. The summed E-state index contributed by atoms with van der Waals surface area (Å²) >= 11 is 0. The number of carbonyl (C=O) groups is 1. The lowest BCUT2D eigenvalue weighted by Crippen LogP contribution is -2.47. The highest BCUT2D eigenvalue weighted by molar-refractivity contribution is 7.89. The molecule has 1 aromatic carbocycles. The number of hydrogen-bond donors (Lipinski definition) is 3. The molecule has 0 aliphatic carbocycles. The Labute approximate surface area is 189 Å². The number of guanidine groups is 1. The van der Waals surface area contributed by atoms with Gasteiger partial charge in [-0.25, -0.2) is 8.42 Å². The summed E-state index contributed by atoms with van der Waals surface area (Å²) in [6.07, 6.45) is 7.74. The van der Waals surface area contributed by atoms with Crippen LogP contribution in [0.3, 0.4) is 0 Å².